The number of benzene rings is 2. The Morgan fingerprint density at radius 3 is 2.57 bits per heavy atom. The number of hydrogen-bond donors (Lipinski definition) is 1. The summed E-state index contributed by atoms with van der Waals surface area (Å²) in [5, 5.41) is 0. The first-order chi connectivity index (χ1) is 13.5. The quantitative estimate of drug-likeness (QED) is 0.465. The van der Waals surface area contributed by atoms with E-state index in [2.05, 4.69) is 14.7 Å². The minimum Gasteiger partial charge on any atom is -0.493 e. The minimum atomic E-state index is -2.95. The Hall–Kier alpha value is -3.48. The Morgan fingerprint density at radius 2 is 1.89 bits per heavy atom. The molecule has 5 nitrogen and oxygen atoms in total. The van der Waals surface area contributed by atoms with Crippen molar-refractivity contribution in [1.29, 1.82) is 0 Å². The van der Waals surface area contributed by atoms with Crippen LogP contribution in [0.2, 0.25) is 0 Å². The van der Waals surface area contributed by atoms with Crippen LogP contribution in [0.5, 0.6) is 11.5 Å². The summed E-state index contributed by atoms with van der Waals surface area (Å²) in [7, 11) is 1.35. The molecule has 7 heteroatoms. The molecule has 0 amide bonds. The summed E-state index contributed by atoms with van der Waals surface area (Å²) in [5.41, 5.74) is 2.46. The Labute approximate surface area is 160 Å². The first-order valence-corrected chi connectivity index (χ1v) is 8.45. The molecule has 3 rings (SSSR count). The van der Waals surface area contributed by atoms with Crippen LogP contribution in [0, 0.1) is 6.92 Å². The lowest BCUT2D eigenvalue weighted by atomic mass is 10.1. The van der Waals surface area contributed by atoms with Crippen molar-refractivity contribution in [3.8, 4) is 22.9 Å². The van der Waals surface area contributed by atoms with E-state index in [-0.39, 0.29) is 17.3 Å². The van der Waals surface area contributed by atoms with Crippen LogP contribution in [0.25, 0.3) is 17.5 Å². The van der Waals surface area contributed by atoms with Crippen LogP contribution in [-0.4, -0.2) is 29.5 Å². The second-order valence-electron chi connectivity index (χ2n) is 5.91. The van der Waals surface area contributed by atoms with E-state index >= 15 is 0 Å². The fourth-order valence-electron chi connectivity index (χ4n) is 2.67. The smallest absolute Gasteiger partial charge is 0.387 e. The summed E-state index contributed by atoms with van der Waals surface area (Å²) in [5.74, 6) is 0.418. The van der Waals surface area contributed by atoms with Gasteiger partial charge in [-0.2, -0.15) is 8.78 Å². The van der Waals surface area contributed by atoms with Gasteiger partial charge in [-0.3, -0.25) is 4.79 Å². The van der Waals surface area contributed by atoms with Gasteiger partial charge in [0.25, 0.3) is 0 Å². The lowest BCUT2D eigenvalue weighted by Crippen LogP contribution is -2.03. The number of hydrogen-bond acceptors (Lipinski definition) is 4. The molecule has 0 radical (unpaired) electrons. The molecular weight excluding hydrogens is 366 g/mol. The standard InChI is InChI=1S/C21H18F2N2O3/c1-13-19(25-20(24-13)15-6-4-3-5-7-15)16(26)10-8-14-9-11-17(28-21(22)23)18(12-14)27-2/h3-12,21H,1-2H3,(H,24,25). The van der Waals surface area contributed by atoms with Gasteiger partial charge in [0.2, 0.25) is 5.78 Å². The monoisotopic (exact) mass is 384 g/mol. The molecule has 28 heavy (non-hydrogen) atoms. The third kappa shape index (κ3) is 4.43. The fourth-order valence-corrected chi connectivity index (χ4v) is 2.67. The highest BCUT2D eigenvalue weighted by molar-refractivity contribution is 6.06. The first-order valence-electron chi connectivity index (χ1n) is 8.45. The number of ether oxygens (including phenoxy) is 2. The van der Waals surface area contributed by atoms with Crippen molar-refractivity contribution in [3.05, 3.63) is 71.6 Å². The van der Waals surface area contributed by atoms with Crippen LogP contribution < -0.4 is 9.47 Å². The highest BCUT2D eigenvalue weighted by Gasteiger charge is 2.14. The number of imidazole rings is 1. The predicted molar refractivity (Wildman–Crippen MR) is 102 cm³/mol. The third-order valence-corrected chi connectivity index (χ3v) is 4.00. The van der Waals surface area contributed by atoms with Gasteiger partial charge in [0.1, 0.15) is 11.5 Å². The van der Waals surface area contributed by atoms with Crippen molar-refractivity contribution < 1.29 is 23.0 Å². The second kappa shape index (κ2) is 8.47. The molecule has 144 valence electrons. The van der Waals surface area contributed by atoms with Crippen LogP contribution in [-0.2, 0) is 0 Å². The van der Waals surface area contributed by atoms with Gasteiger partial charge in [0.15, 0.2) is 11.5 Å². The number of aromatic nitrogens is 2. The number of nitrogens with zero attached hydrogens (tertiary/aromatic N) is 1. The van der Waals surface area contributed by atoms with Gasteiger partial charge >= 0.3 is 6.61 Å². The number of H-pyrrole nitrogens is 1. The van der Waals surface area contributed by atoms with Gasteiger partial charge in [-0.15, -0.1) is 0 Å². The molecule has 0 saturated carbocycles. The summed E-state index contributed by atoms with van der Waals surface area (Å²) in [6, 6.07) is 13.9. The largest absolute Gasteiger partial charge is 0.493 e. The van der Waals surface area contributed by atoms with E-state index in [9.17, 15) is 13.6 Å². The Kier molecular flexibility index (Phi) is 5.84. The van der Waals surface area contributed by atoms with Gasteiger partial charge in [0, 0.05) is 11.3 Å². The Balaban J connectivity index is 1.79. The molecule has 0 spiro atoms. The summed E-state index contributed by atoms with van der Waals surface area (Å²) in [6.45, 7) is -1.17. The minimum absolute atomic E-state index is 0.0726. The van der Waals surface area contributed by atoms with Crippen molar-refractivity contribution in [2.24, 2.45) is 0 Å². The number of ketones is 1. The number of nitrogens with one attached hydrogen (secondary N) is 1. The highest BCUT2D eigenvalue weighted by Crippen LogP contribution is 2.30. The van der Waals surface area contributed by atoms with Gasteiger partial charge in [-0.1, -0.05) is 42.5 Å². The topological polar surface area (TPSA) is 64.2 Å². The molecule has 0 unspecified atom stereocenters. The van der Waals surface area contributed by atoms with Crippen molar-refractivity contribution in [2.45, 2.75) is 13.5 Å². The number of methoxy groups -OCH3 is 1. The zero-order valence-corrected chi connectivity index (χ0v) is 15.3. The maximum absolute atomic E-state index is 12.5. The zero-order valence-electron chi connectivity index (χ0n) is 15.3. The second-order valence-corrected chi connectivity index (χ2v) is 5.91. The SMILES string of the molecule is COc1cc(C=CC(=O)c2nc(-c3ccccc3)[nH]c2C)ccc1OC(F)F. The molecule has 1 heterocycles. The number of aromatic amines is 1. The van der Waals surface area contributed by atoms with E-state index < -0.39 is 6.61 Å². The molecule has 0 aliphatic carbocycles. The highest BCUT2D eigenvalue weighted by atomic mass is 19.3. The molecule has 0 aliphatic rings. The van der Waals surface area contributed by atoms with Crippen molar-refractivity contribution >= 4 is 11.9 Å². The normalized spacial score (nSPS) is 11.2. The maximum atomic E-state index is 12.5. The molecule has 0 bridgehead atoms. The first kappa shape index (κ1) is 19.3. The molecule has 0 aliphatic heterocycles. The molecule has 0 fully saturated rings. The zero-order chi connectivity index (χ0) is 20.1. The summed E-state index contributed by atoms with van der Waals surface area (Å²) < 4.78 is 34.2. The molecule has 3 aromatic rings. The van der Waals surface area contributed by atoms with Crippen LogP contribution in [0.1, 0.15) is 21.7 Å². The van der Waals surface area contributed by atoms with Crippen molar-refractivity contribution in [2.75, 3.05) is 7.11 Å². The Morgan fingerprint density at radius 1 is 1.14 bits per heavy atom. The van der Waals surface area contributed by atoms with Crippen LogP contribution in [0.3, 0.4) is 0 Å². The van der Waals surface area contributed by atoms with Gasteiger partial charge in [-0.25, -0.2) is 4.98 Å². The number of alkyl halides is 2. The van der Waals surface area contributed by atoms with E-state index in [1.807, 2.05) is 30.3 Å². The van der Waals surface area contributed by atoms with Crippen LogP contribution >= 0.6 is 0 Å². The van der Waals surface area contributed by atoms with Gasteiger partial charge in [0.05, 0.1) is 7.11 Å². The maximum Gasteiger partial charge on any atom is 0.387 e. The molecule has 2 aromatic carbocycles. The third-order valence-electron chi connectivity index (χ3n) is 4.00. The Bertz CT molecular complexity index is 998. The molecule has 0 saturated heterocycles. The van der Waals surface area contributed by atoms with E-state index in [0.717, 1.165) is 5.56 Å². The lowest BCUT2D eigenvalue weighted by Gasteiger charge is -2.10. The fraction of sp³-hybridized carbons (Fsp3) is 0.143. The number of rotatable bonds is 7. The number of halogens is 2. The molecule has 0 atom stereocenters. The van der Waals surface area contributed by atoms with E-state index in [1.54, 1.807) is 19.1 Å². The number of allylic oxidation sites excluding steroid dienone is 1. The average Bonchev–Trinajstić information content (AvgIpc) is 3.09. The molecular formula is C21H18F2N2O3. The van der Waals surface area contributed by atoms with Gasteiger partial charge in [-0.05, 0) is 30.7 Å². The molecule has 1 aromatic heterocycles. The van der Waals surface area contributed by atoms with E-state index in [4.69, 9.17) is 4.74 Å². The van der Waals surface area contributed by atoms with Gasteiger partial charge < -0.3 is 14.5 Å². The predicted octanol–water partition coefficient (Wildman–Crippen LogP) is 4.89. The summed E-state index contributed by atoms with van der Waals surface area (Å²) in [4.78, 5) is 20.0. The van der Waals surface area contributed by atoms with Crippen LogP contribution in [0.4, 0.5) is 8.78 Å². The molecule has 1 N–H and O–H groups in total. The number of carbonyl (C=O) groups is 1. The van der Waals surface area contributed by atoms with Crippen molar-refractivity contribution in [3.63, 3.8) is 0 Å². The van der Waals surface area contributed by atoms with E-state index in [0.29, 0.717) is 22.8 Å². The van der Waals surface area contributed by atoms with Crippen molar-refractivity contribution in [1.82, 2.24) is 9.97 Å². The van der Waals surface area contributed by atoms with E-state index in [1.165, 1.54) is 25.3 Å². The summed E-state index contributed by atoms with van der Waals surface area (Å²) >= 11 is 0. The average molecular weight is 384 g/mol. The van der Waals surface area contributed by atoms with Crippen LogP contribution in [0.15, 0.2) is 54.6 Å². The number of carbonyl (C=O) groups excluding carboxylic acids is 1. The lowest BCUT2D eigenvalue weighted by molar-refractivity contribution is -0.0512. The number of aryl methyl sites for hydroxylation is 1. The summed E-state index contributed by atoms with van der Waals surface area (Å²) in [6.07, 6.45) is 2.94.